The van der Waals surface area contributed by atoms with Crippen molar-refractivity contribution in [1.82, 2.24) is 14.7 Å². The number of carbonyl (C=O) groups is 3. The molecule has 1 aliphatic rings. The van der Waals surface area contributed by atoms with E-state index >= 15 is 0 Å². The predicted molar refractivity (Wildman–Crippen MR) is 132 cm³/mol. The molecule has 2 aromatic carbocycles. The second-order valence-corrected chi connectivity index (χ2v) is 9.90. The van der Waals surface area contributed by atoms with Crippen molar-refractivity contribution in [2.45, 2.75) is 18.5 Å². The largest absolute Gasteiger partial charge is 0.347 e. The molecule has 3 aromatic rings. The first-order valence-corrected chi connectivity index (χ1v) is 12.0. The number of hydrogen-bond donors (Lipinski definition) is 0. The van der Waals surface area contributed by atoms with Crippen molar-refractivity contribution in [3.63, 3.8) is 0 Å². The van der Waals surface area contributed by atoms with Crippen molar-refractivity contribution < 1.29 is 14.4 Å². The zero-order chi connectivity index (χ0) is 23.9. The topological polar surface area (TPSA) is 60.9 Å². The number of alkyl halides is 1. The number of fused-ring (bicyclic) bond motifs is 3. The summed E-state index contributed by atoms with van der Waals surface area (Å²) in [7, 11) is 6.81. The summed E-state index contributed by atoms with van der Waals surface area (Å²) in [6, 6.07) is 14.3. The van der Waals surface area contributed by atoms with E-state index in [9.17, 15) is 14.4 Å². The third kappa shape index (κ3) is 4.11. The van der Waals surface area contributed by atoms with Gasteiger partial charge in [0.05, 0.1) is 6.04 Å². The van der Waals surface area contributed by atoms with E-state index in [2.05, 4.69) is 12.1 Å². The quantitative estimate of drug-likeness (QED) is 0.531. The molecule has 8 heteroatoms. The molecule has 2 heterocycles. The summed E-state index contributed by atoms with van der Waals surface area (Å²) in [5.41, 5.74) is 2.49. The number of carbonyl (C=O) groups excluding carboxylic acids is 3. The lowest BCUT2D eigenvalue weighted by Gasteiger charge is -2.42. The molecule has 0 saturated carbocycles. The van der Waals surface area contributed by atoms with Gasteiger partial charge in [-0.1, -0.05) is 30.3 Å². The van der Waals surface area contributed by atoms with Gasteiger partial charge in [0.2, 0.25) is 11.8 Å². The standard InChI is InChI=1S/C25H26ClN3O3S/c1-27(2)24(31)16-11-9-15(10-12-16)22-23-18(17-7-5-6-8-20(17)33-23)13-19(25(32)28(3)4)29(22)21(30)14-26/h5-12,19,22H,13-14H2,1-4H3/t19-,22-/m1/s1. The van der Waals surface area contributed by atoms with E-state index in [0.29, 0.717) is 12.0 Å². The molecular formula is C25H26ClN3O3S. The monoisotopic (exact) mass is 483 g/mol. The van der Waals surface area contributed by atoms with Gasteiger partial charge >= 0.3 is 0 Å². The summed E-state index contributed by atoms with van der Waals surface area (Å²) in [5.74, 6) is -0.746. The van der Waals surface area contributed by atoms with Crippen LogP contribution in [0.3, 0.4) is 0 Å². The molecule has 4 rings (SSSR count). The zero-order valence-corrected chi connectivity index (χ0v) is 20.6. The first kappa shape index (κ1) is 23.3. The Morgan fingerprint density at radius 2 is 1.67 bits per heavy atom. The minimum Gasteiger partial charge on any atom is -0.347 e. The van der Waals surface area contributed by atoms with Crippen molar-refractivity contribution in [2.24, 2.45) is 0 Å². The number of rotatable bonds is 4. The highest BCUT2D eigenvalue weighted by Gasteiger charge is 2.43. The van der Waals surface area contributed by atoms with Gasteiger partial charge in [-0.15, -0.1) is 22.9 Å². The Bertz CT molecular complexity index is 1220. The molecule has 0 fully saturated rings. The Balaban J connectivity index is 1.92. The van der Waals surface area contributed by atoms with Gasteiger partial charge in [-0.25, -0.2) is 0 Å². The maximum atomic E-state index is 13.2. The molecule has 0 spiro atoms. The van der Waals surface area contributed by atoms with Gasteiger partial charge in [-0.05, 0) is 34.7 Å². The minimum absolute atomic E-state index is 0.0953. The lowest BCUT2D eigenvalue weighted by atomic mass is 9.88. The number of benzene rings is 2. The zero-order valence-electron chi connectivity index (χ0n) is 19.0. The molecule has 6 nitrogen and oxygen atoms in total. The average Bonchev–Trinajstić information content (AvgIpc) is 3.19. The molecular weight excluding hydrogens is 458 g/mol. The third-order valence-electron chi connectivity index (χ3n) is 6.00. The smallest absolute Gasteiger partial charge is 0.253 e. The number of likely N-dealkylation sites (N-methyl/N-ethyl adjacent to an activating group) is 1. The van der Waals surface area contributed by atoms with Gasteiger partial charge in [0, 0.05) is 49.8 Å². The first-order chi connectivity index (χ1) is 15.7. The Kier molecular flexibility index (Phi) is 6.45. The fourth-order valence-corrected chi connectivity index (χ4v) is 5.92. The SMILES string of the molecule is CN(C)C(=O)c1ccc([C@@H]2c3sc4ccccc4c3C[C@H](C(=O)N(C)C)N2C(=O)CCl)cc1. The van der Waals surface area contributed by atoms with Gasteiger partial charge < -0.3 is 14.7 Å². The molecule has 0 radical (unpaired) electrons. The predicted octanol–water partition coefficient (Wildman–Crippen LogP) is 3.77. The summed E-state index contributed by atoms with van der Waals surface area (Å²) in [5, 5.41) is 1.11. The summed E-state index contributed by atoms with van der Waals surface area (Å²) >= 11 is 7.67. The number of nitrogens with zero attached hydrogens (tertiary/aromatic N) is 3. The highest BCUT2D eigenvalue weighted by atomic mass is 35.5. The fraction of sp³-hybridized carbons (Fsp3) is 0.320. The van der Waals surface area contributed by atoms with Gasteiger partial charge in [0.15, 0.2) is 0 Å². The van der Waals surface area contributed by atoms with Crippen molar-refractivity contribution in [3.05, 3.63) is 70.1 Å². The summed E-state index contributed by atoms with van der Waals surface area (Å²) < 4.78 is 1.11. The van der Waals surface area contributed by atoms with Crippen LogP contribution in [0, 0.1) is 0 Å². The molecule has 1 aromatic heterocycles. The second kappa shape index (κ2) is 9.15. The van der Waals surface area contributed by atoms with Crippen molar-refractivity contribution >= 4 is 50.7 Å². The van der Waals surface area contributed by atoms with Crippen molar-refractivity contribution in [3.8, 4) is 0 Å². The van der Waals surface area contributed by atoms with Gasteiger partial charge in [-0.2, -0.15) is 0 Å². The van der Waals surface area contributed by atoms with Crippen molar-refractivity contribution in [1.29, 1.82) is 0 Å². The minimum atomic E-state index is -0.662. The van der Waals surface area contributed by atoms with Crippen LogP contribution in [0.4, 0.5) is 0 Å². The Hall–Kier alpha value is -2.90. The molecule has 0 bridgehead atoms. The van der Waals surface area contributed by atoms with Gasteiger partial charge in [0.1, 0.15) is 11.9 Å². The fourth-order valence-electron chi connectivity index (χ4n) is 4.42. The van der Waals surface area contributed by atoms with E-state index < -0.39 is 12.1 Å². The van der Waals surface area contributed by atoms with E-state index in [1.807, 2.05) is 24.3 Å². The molecule has 0 unspecified atom stereocenters. The van der Waals surface area contributed by atoms with Crippen LogP contribution in [0.1, 0.15) is 32.4 Å². The number of thiophene rings is 1. The van der Waals surface area contributed by atoms with E-state index in [4.69, 9.17) is 11.6 Å². The average molecular weight is 484 g/mol. The molecule has 172 valence electrons. The Morgan fingerprint density at radius 1 is 1.00 bits per heavy atom. The molecule has 0 saturated heterocycles. The van der Waals surface area contributed by atoms with Crippen molar-refractivity contribution in [2.75, 3.05) is 34.1 Å². The highest BCUT2D eigenvalue weighted by Crippen LogP contribution is 2.46. The molecule has 2 atom stereocenters. The number of halogens is 1. The number of amides is 3. The summed E-state index contributed by atoms with van der Waals surface area (Å²) in [6.07, 6.45) is 0.437. The van der Waals surface area contributed by atoms with Crippen LogP contribution in [-0.4, -0.2) is 72.5 Å². The molecule has 1 aliphatic heterocycles. The summed E-state index contributed by atoms with van der Waals surface area (Å²) in [6.45, 7) is 0. The second-order valence-electron chi connectivity index (χ2n) is 8.55. The third-order valence-corrected chi connectivity index (χ3v) is 7.49. The van der Waals surface area contributed by atoms with Crippen LogP contribution in [0.15, 0.2) is 48.5 Å². The maximum absolute atomic E-state index is 13.2. The summed E-state index contributed by atoms with van der Waals surface area (Å²) in [4.78, 5) is 44.5. The van der Waals surface area contributed by atoms with Crippen LogP contribution in [0.25, 0.3) is 10.1 Å². The maximum Gasteiger partial charge on any atom is 0.253 e. The Morgan fingerprint density at radius 3 is 2.27 bits per heavy atom. The lowest BCUT2D eigenvalue weighted by molar-refractivity contribution is -0.145. The molecule has 0 aliphatic carbocycles. The molecule has 33 heavy (non-hydrogen) atoms. The number of hydrogen-bond acceptors (Lipinski definition) is 4. The van der Waals surface area contributed by atoms with E-state index in [0.717, 1.165) is 26.1 Å². The molecule has 3 amide bonds. The van der Waals surface area contributed by atoms with Crippen LogP contribution < -0.4 is 0 Å². The van der Waals surface area contributed by atoms with Crippen LogP contribution in [0.5, 0.6) is 0 Å². The van der Waals surface area contributed by atoms with E-state index in [-0.39, 0.29) is 23.6 Å². The van der Waals surface area contributed by atoms with E-state index in [1.54, 1.807) is 56.6 Å². The normalized spacial score (nSPS) is 17.5. The van der Waals surface area contributed by atoms with Gasteiger partial charge in [-0.3, -0.25) is 14.4 Å². The van der Waals surface area contributed by atoms with E-state index in [1.165, 1.54) is 9.80 Å². The van der Waals surface area contributed by atoms with Gasteiger partial charge in [0.25, 0.3) is 5.91 Å². The highest BCUT2D eigenvalue weighted by molar-refractivity contribution is 7.19. The lowest BCUT2D eigenvalue weighted by Crippen LogP contribution is -2.54. The van der Waals surface area contributed by atoms with Crippen LogP contribution in [0.2, 0.25) is 0 Å². The van der Waals surface area contributed by atoms with Crippen LogP contribution >= 0.6 is 22.9 Å². The first-order valence-electron chi connectivity index (χ1n) is 10.6. The van der Waals surface area contributed by atoms with Crippen LogP contribution in [-0.2, 0) is 16.0 Å². The molecule has 0 N–H and O–H groups in total. The Labute approximate surface area is 202 Å².